The maximum atomic E-state index is 9.41. The number of hydrogen-bond donors (Lipinski definition) is 2. The maximum absolute atomic E-state index is 9.41. The minimum Gasteiger partial charge on any atom is -0.487 e. The van der Waals surface area contributed by atoms with Gasteiger partial charge in [0.05, 0.1) is 6.61 Å². The zero-order valence-electron chi connectivity index (χ0n) is 15.3. The first-order chi connectivity index (χ1) is 12.3. The molecule has 2 atom stereocenters. The van der Waals surface area contributed by atoms with Crippen LogP contribution in [0.25, 0.3) is 0 Å². The van der Waals surface area contributed by atoms with Crippen molar-refractivity contribution in [3.63, 3.8) is 0 Å². The molecule has 3 aliphatic rings. The summed E-state index contributed by atoms with van der Waals surface area (Å²) < 4.78 is 6.33. The highest BCUT2D eigenvalue weighted by molar-refractivity contribution is 5.39. The van der Waals surface area contributed by atoms with Crippen LogP contribution in [0.3, 0.4) is 0 Å². The number of aliphatic hydroxyl groups excluding tert-OH is 1. The number of benzene rings is 1. The van der Waals surface area contributed by atoms with E-state index in [0.717, 1.165) is 38.2 Å². The molecule has 2 aliphatic heterocycles. The van der Waals surface area contributed by atoms with Gasteiger partial charge in [-0.3, -0.25) is 4.90 Å². The average molecular weight is 344 g/mol. The van der Waals surface area contributed by atoms with E-state index in [2.05, 4.69) is 34.5 Å². The number of ether oxygens (including phenoxy) is 1. The van der Waals surface area contributed by atoms with E-state index >= 15 is 0 Å². The molecule has 1 saturated carbocycles. The molecule has 0 bridgehead atoms. The van der Waals surface area contributed by atoms with Crippen LogP contribution in [0, 0.1) is 0 Å². The van der Waals surface area contributed by atoms with Gasteiger partial charge in [0.2, 0.25) is 0 Å². The van der Waals surface area contributed by atoms with Gasteiger partial charge in [0, 0.05) is 24.1 Å². The smallest absolute Gasteiger partial charge is 0.124 e. The minimum absolute atomic E-state index is 0.107. The quantitative estimate of drug-likeness (QED) is 0.745. The van der Waals surface area contributed by atoms with E-state index < -0.39 is 0 Å². The standard InChI is InChI=1S/C21H32N2O2/c24-16-17-7-5-14-23(17)13-4-3-12-22-19-15-21(10-6-11-21)25-20-9-2-1-8-18(19)20/h1-2,8-9,17,19,22,24H,3-7,10-16H2. The number of aliphatic hydroxyl groups is 1. The lowest BCUT2D eigenvalue weighted by Crippen LogP contribution is -2.49. The molecule has 1 spiro atoms. The second-order valence-corrected chi connectivity index (χ2v) is 8.11. The van der Waals surface area contributed by atoms with E-state index in [4.69, 9.17) is 4.74 Å². The van der Waals surface area contributed by atoms with Gasteiger partial charge >= 0.3 is 0 Å². The molecule has 4 rings (SSSR count). The Morgan fingerprint density at radius 2 is 2.08 bits per heavy atom. The van der Waals surface area contributed by atoms with Gasteiger partial charge in [-0.2, -0.15) is 0 Å². The molecule has 0 radical (unpaired) electrons. The van der Waals surface area contributed by atoms with Gasteiger partial charge < -0.3 is 15.2 Å². The first kappa shape index (κ1) is 17.3. The van der Waals surface area contributed by atoms with Gasteiger partial charge in [0.15, 0.2) is 0 Å². The van der Waals surface area contributed by atoms with Crippen molar-refractivity contribution in [2.45, 2.75) is 69.1 Å². The highest BCUT2D eigenvalue weighted by Gasteiger charge is 2.45. The Bertz CT molecular complexity index is 573. The predicted octanol–water partition coefficient (Wildman–Crippen LogP) is 3.26. The molecular weight excluding hydrogens is 312 g/mol. The lowest BCUT2D eigenvalue weighted by Gasteiger charge is -2.48. The summed E-state index contributed by atoms with van der Waals surface area (Å²) >= 11 is 0. The van der Waals surface area contributed by atoms with Crippen molar-refractivity contribution in [3.05, 3.63) is 29.8 Å². The van der Waals surface area contributed by atoms with Gasteiger partial charge in [0.25, 0.3) is 0 Å². The second kappa shape index (κ2) is 7.65. The van der Waals surface area contributed by atoms with Crippen LogP contribution in [-0.2, 0) is 0 Å². The Morgan fingerprint density at radius 3 is 2.88 bits per heavy atom. The summed E-state index contributed by atoms with van der Waals surface area (Å²) in [5.74, 6) is 1.09. The highest BCUT2D eigenvalue weighted by atomic mass is 16.5. The predicted molar refractivity (Wildman–Crippen MR) is 99.9 cm³/mol. The second-order valence-electron chi connectivity index (χ2n) is 8.11. The van der Waals surface area contributed by atoms with E-state index in [1.807, 2.05) is 0 Å². The number of para-hydroxylation sites is 1. The summed E-state index contributed by atoms with van der Waals surface area (Å²) in [6, 6.07) is 9.40. The fraction of sp³-hybridized carbons (Fsp3) is 0.714. The third kappa shape index (κ3) is 3.71. The number of rotatable bonds is 7. The third-order valence-corrected chi connectivity index (χ3v) is 6.43. The topological polar surface area (TPSA) is 44.7 Å². The molecule has 1 aromatic carbocycles. The molecule has 2 heterocycles. The zero-order valence-corrected chi connectivity index (χ0v) is 15.3. The average Bonchev–Trinajstić information content (AvgIpc) is 3.07. The van der Waals surface area contributed by atoms with Crippen molar-refractivity contribution < 1.29 is 9.84 Å². The van der Waals surface area contributed by atoms with Crippen LogP contribution < -0.4 is 10.1 Å². The van der Waals surface area contributed by atoms with Crippen molar-refractivity contribution in [2.75, 3.05) is 26.2 Å². The summed E-state index contributed by atoms with van der Waals surface area (Å²) in [6.07, 6.45) is 9.63. The number of unbranched alkanes of at least 4 members (excludes halogenated alkanes) is 1. The summed E-state index contributed by atoms with van der Waals surface area (Å²) in [7, 11) is 0. The Labute approximate surface area is 151 Å². The number of nitrogens with one attached hydrogen (secondary N) is 1. The monoisotopic (exact) mass is 344 g/mol. The first-order valence-corrected chi connectivity index (χ1v) is 10.2. The fourth-order valence-corrected chi connectivity index (χ4v) is 4.79. The van der Waals surface area contributed by atoms with Crippen molar-refractivity contribution >= 4 is 0 Å². The molecule has 1 aromatic rings. The molecular formula is C21H32N2O2. The van der Waals surface area contributed by atoms with Crippen LogP contribution >= 0.6 is 0 Å². The number of nitrogens with zero attached hydrogens (tertiary/aromatic N) is 1. The van der Waals surface area contributed by atoms with Crippen molar-refractivity contribution in [2.24, 2.45) is 0 Å². The van der Waals surface area contributed by atoms with Gasteiger partial charge in [0.1, 0.15) is 11.4 Å². The molecule has 1 saturated heterocycles. The Balaban J connectivity index is 1.26. The van der Waals surface area contributed by atoms with Crippen molar-refractivity contribution in [1.82, 2.24) is 10.2 Å². The number of hydrogen-bond acceptors (Lipinski definition) is 4. The number of likely N-dealkylation sites (tertiary alicyclic amines) is 1. The minimum atomic E-state index is 0.107. The Kier molecular flexibility index (Phi) is 5.30. The fourth-order valence-electron chi connectivity index (χ4n) is 4.79. The maximum Gasteiger partial charge on any atom is 0.124 e. The summed E-state index contributed by atoms with van der Waals surface area (Å²) in [5, 5.41) is 13.2. The van der Waals surface area contributed by atoms with Gasteiger partial charge in [-0.25, -0.2) is 0 Å². The lowest BCUT2D eigenvalue weighted by atomic mass is 9.73. The van der Waals surface area contributed by atoms with E-state index in [-0.39, 0.29) is 5.60 Å². The third-order valence-electron chi connectivity index (χ3n) is 6.43. The molecule has 0 aromatic heterocycles. The van der Waals surface area contributed by atoms with Crippen LogP contribution in [0.2, 0.25) is 0 Å². The van der Waals surface area contributed by atoms with Crippen LogP contribution in [0.1, 0.15) is 63.0 Å². The lowest BCUT2D eigenvalue weighted by molar-refractivity contribution is -0.0368. The largest absolute Gasteiger partial charge is 0.487 e. The van der Waals surface area contributed by atoms with Crippen LogP contribution in [0.5, 0.6) is 5.75 Å². The molecule has 2 fully saturated rings. The first-order valence-electron chi connectivity index (χ1n) is 10.2. The van der Waals surface area contributed by atoms with Gasteiger partial charge in [-0.1, -0.05) is 18.2 Å². The van der Waals surface area contributed by atoms with Crippen LogP contribution in [0.15, 0.2) is 24.3 Å². The SMILES string of the molecule is OCC1CCCN1CCCCNC1CC2(CCC2)Oc2ccccc21. The van der Waals surface area contributed by atoms with Crippen molar-refractivity contribution in [3.8, 4) is 5.75 Å². The van der Waals surface area contributed by atoms with E-state index in [9.17, 15) is 5.11 Å². The summed E-state index contributed by atoms with van der Waals surface area (Å²) in [4.78, 5) is 2.47. The summed E-state index contributed by atoms with van der Waals surface area (Å²) in [6.45, 7) is 3.67. The Hall–Kier alpha value is -1.10. The normalized spacial score (nSPS) is 27.7. The molecule has 1 aliphatic carbocycles. The molecule has 138 valence electrons. The Morgan fingerprint density at radius 1 is 1.20 bits per heavy atom. The molecule has 2 unspecified atom stereocenters. The van der Waals surface area contributed by atoms with Crippen molar-refractivity contribution in [1.29, 1.82) is 0 Å². The molecule has 0 amide bonds. The van der Waals surface area contributed by atoms with Crippen LogP contribution in [-0.4, -0.2) is 47.9 Å². The van der Waals surface area contributed by atoms with E-state index in [1.165, 1.54) is 44.1 Å². The van der Waals surface area contributed by atoms with E-state index in [0.29, 0.717) is 18.7 Å². The van der Waals surface area contributed by atoms with E-state index in [1.54, 1.807) is 0 Å². The molecule has 2 N–H and O–H groups in total. The number of fused-ring (bicyclic) bond motifs is 1. The molecule has 4 nitrogen and oxygen atoms in total. The van der Waals surface area contributed by atoms with Crippen LogP contribution in [0.4, 0.5) is 0 Å². The molecule has 25 heavy (non-hydrogen) atoms. The zero-order chi connectivity index (χ0) is 17.1. The molecule has 4 heteroatoms. The van der Waals surface area contributed by atoms with Gasteiger partial charge in [-0.15, -0.1) is 0 Å². The summed E-state index contributed by atoms with van der Waals surface area (Å²) in [5.41, 5.74) is 1.44. The van der Waals surface area contributed by atoms with Gasteiger partial charge in [-0.05, 0) is 70.6 Å². The highest BCUT2D eigenvalue weighted by Crippen LogP contribution is 2.48.